The highest BCUT2D eigenvalue weighted by atomic mass is 19.1. The fourth-order valence-corrected chi connectivity index (χ4v) is 3.22. The van der Waals surface area contributed by atoms with Crippen molar-refractivity contribution in [2.45, 2.75) is 25.4 Å². The van der Waals surface area contributed by atoms with Crippen LogP contribution in [-0.2, 0) is 9.53 Å². The van der Waals surface area contributed by atoms with Gasteiger partial charge in [-0.05, 0) is 24.6 Å². The summed E-state index contributed by atoms with van der Waals surface area (Å²) >= 11 is 0. The van der Waals surface area contributed by atoms with E-state index in [1.54, 1.807) is 24.7 Å². The quantitative estimate of drug-likeness (QED) is 0.822. The fourth-order valence-electron chi connectivity index (χ4n) is 3.22. The number of benzene rings is 1. The van der Waals surface area contributed by atoms with E-state index in [2.05, 4.69) is 15.2 Å². The number of imidazole rings is 1. The Morgan fingerprint density at radius 2 is 2.04 bits per heavy atom. The van der Waals surface area contributed by atoms with Gasteiger partial charge in [0.15, 0.2) is 0 Å². The first-order valence-corrected chi connectivity index (χ1v) is 8.95. The SMILES string of the molecule is C[C@H](CC(=O)NC[C@@H](c1ccc(F)cc1)N1CCOCC1)n1ccnc1. The van der Waals surface area contributed by atoms with Gasteiger partial charge in [-0.3, -0.25) is 9.69 Å². The van der Waals surface area contributed by atoms with Crippen molar-refractivity contribution in [1.82, 2.24) is 19.8 Å². The number of morpholine rings is 1. The molecule has 1 saturated heterocycles. The van der Waals surface area contributed by atoms with Crippen molar-refractivity contribution in [3.8, 4) is 0 Å². The molecule has 1 aromatic heterocycles. The summed E-state index contributed by atoms with van der Waals surface area (Å²) in [5.41, 5.74) is 0.997. The van der Waals surface area contributed by atoms with Crippen LogP contribution in [0.4, 0.5) is 4.39 Å². The third-order valence-corrected chi connectivity index (χ3v) is 4.75. The molecule has 3 rings (SSSR count). The second-order valence-corrected chi connectivity index (χ2v) is 6.58. The van der Waals surface area contributed by atoms with Crippen molar-refractivity contribution >= 4 is 5.91 Å². The Morgan fingerprint density at radius 3 is 2.69 bits per heavy atom. The lowest BCUT2D eigenvalue weighted by molar-refractivity contribution is -0.122. The summed E-state index contributed by atoms with van der Waals surface area (Å²) in [6.45, 7) is 5.40. The summed E-state index contributed by atoms with van der Waals surface area (Å²) in [6.07, 6.45) is 5.66. The molecule has 0 unspecified atom stereocenters. The standard InChI is InChI=1S/C19H25FN4O2/c1-15(24-7-6-21-14-24)12-19(25)22-13-18(23-8-10-26-11-9-23)16-2-4-17(20)5-3-16/h2-7,14-15,18H,8-13H2,1H3,(H,22,25)/t15-,18+/m1/s1. The van der Waals surface area contributed by atoms with Crippen molar-refractivity contribution in [3.05, 3.63) is 54.4 Å². The predicted octanol–water partition coefficient (Wildman–Crippen LogP) is 2.16. The van der Waals surface area contributed by atoms with Gasteiger partial charge in [0.2, 0.25) is 5.91 Å². The highest BCUT2D eigenvalue weighted by Gasteiger charge is 2.23. The summed E-state index contributed by atoms with van der Waals surface area (Å²) in [5.74, 6) is -0.265. The first-order valence-electron chi connectivity index (χ1n) is 8.95. The third kappa shape index (κ3) is 4.89. The van der Waals surface area contributed by atoms with Gasteiger partial charge in [0.05, 0.1) is 25.6 Å². The lowest BCUT2D eigenvalue weighted by Gasteiger charge is -2.35. The molecule has 1 amide bonds. The van der Waals surface area contributed by atoms with Crippen molar-refractivity contribution in [3.63, 3.8) is 0 Å². The van der Waals surface area contributed by atoms with E-state index in [1.165, 1.54) is 12.1 Å². The second kappa shape index (κ2) is 8.91. The van der Waals surface area contributed by atoms with Gasteiger partial charge in [-0.25, -0.2) is 9.37 Å². The largest absolute Gasteiger partial charge is 0.379 e. The van der Waals surface area contributed by atoms with Crippen LogP contribution >= 0.6 is 0 Å². The van der Waals surface area contributed by atoms with E-state index < -0.39 is 0 Å². The van der Waals surface area contributed by atoms with Gasteiger partial charge < -0.3 is 14.6 Å². The number of nitrogens with zero attached hydrogens (tertiary/aromatic N) is 3. The Morgan fingerprint density at radius 1 is 1.31 bits per heavy atom. The minimum Gasteiger partial charge on any atom is -0.379 e. The molecule has 6 nitrogen and oxygen atoms in total. The van der Waals surface area contributed by atoms with E-state index in [0.29, 0.717) is 26.2 Å². The second-order valence-electron chi connectivity index (χ2n) is 6.58. The monoisotopic (exact) mass is 360 g/mol. The minimum atomic E-state index is -0.257. The van der Waals surface area contributed by atoms with Gasteiger partial charge in [0, 0.05) is 44.5 Å². The lowest BCUT2D eigenvalue weighted by Crippen LogP contribution is -2.44. The molecule has 0 saturated carbocycles. The van der Waals surface area contributed by atoms with Crippen LogP contribution in [0.15, 0.2) is 43.0 Å². The van der Waals surface area contributed by atoms with E-state index >= 15 is 0 Å². The number of amides is 1. The van der Waals surface area contributed by atoms with Gasteiger partial charge in [-0.2, -0.15) is 0 Å². The van der Waals surface area contributed by atoms with Crippen LogP contribution in [0.2, 0.25) is 0 Å². The van der Waals surface area contributed by atoms with Gasteiger partial charge in [-0.1, -0.05) is 12.1 Å². The molecule has 1 aliphatic rings. The number of halogens is 1. The van der Waals surface area contributed by atoms with Crippen molar-refractivity contribution in [1.29, 1.82) is 0 Å². The fraction of sp³-hybridized carbons (Fsp3) is 0.474. The first-order chi connectivity index (χ1) is 12.6. The molecular weight excluding hydrogens is 335 g/mol. The van der Waals surface area contributed by atoms with Crippen LogP contribution < -0.4 is 5.32 Å². The van der Waals surface area contributed by atoms with E-state index in [-0.39, 0.29) is 23.8 Å². The molecule has 140 valence electrons. The summed E-state index contributed by atoms with van der Waals surface area (Å²) < 4.78 is 20.6. The summed E-state index contributed by atoms with van der Waals surface area (Å²) in [5, 5.41) is 3.04. The highest BCUT2D eigenvalue weighted by molar-refractivity contribution is 5.76. The smallest absolute Gasteiger partial charge is 0.222 e. The molecule has 2 heterocycles. The molecule has 0 radical (unpaired) electrons. The lowest BCUT2D eigenvalue weighted by atomic mass is 10.0. The molecule has 2 aromatic rings. The summed E-state index contributed by atoms with van der Waals surface area (Å²) in [7, 11) is 0. The van der Waals surface area contributed by atoms with Gasteiger partial charge in [0.25, 0.3) is 0 Å². The minimum absolute atomic E-state index is 0.00648. The molecule has 7 heteroatoms. The number of aromatic nitrogens is 2. The van der Waals surface area contributed by atoms with Crippen molar-refractivity contribution in [2.75, 3.05) is 32.8 Å². The number of carbonyl (C=O) groups is 1. The molecular formula is C19H25FN4O2. The highest BCUT2D eigenvalue weighted by Crippen LogP contribution is 2.22. The Bertz CT molecular complexity index is 684. The van der Waals surface area contributed by atoms with Crippen LogP contribution in [0.25, 0.3) is 0 Å². The van der Waals surface area contributed by atoms with E-state index in [9.17, 15) is 9.18 Å². The summed E-state index contributed by atoms with van der Waals surface area (Å²) in [6, 6.07) is 6.56. The molecule has 0 spiro atoms. The van der Waals surface area contributed by atoms with Crippen molar-refractivity contribution in [2.24, 2.45) is 0 Å². The maximum Gasteiger partial charge on any atom is 0.222 e. The zero-order valence-corrected chi connectivity index (χ0v) is 15.0. The maximum atomic E-state index is 13.3. The zero-order chi connectivity index (χ0) is 18.4. The van der Waals surface area contributed by atoms with Crippen LogP contribution in [-0.4, -0.2) is 53.2 Å². The maximum absolute atomic E-state index is 13.3. The normalized spacial score (nSPS) is 17.6. The average Bonchev–Trinajstić information content (AvgIpc) is 3.19. The predicted molar refractivity (Wildman–Crippen MR) is 96.1 cm³/mol. The molecule has 0 aliphatic carbocycles. The molecule has 1 N–H and O–H groups in total. The van der Waals surface area contributed by atoms with Crippen LogP contribution in [0.5, 0.6) is 0 Å². The molecule has 1 fully saturated rings. The topological polar surface area (TPSA) is 59.4 Å². The Kier molecular flexibility index (Phi) is 6.35. The molecule has 0 bridgehead atoms. The van der Waals surface area contributed by atoms with Crippen LogP contribution in [0, 0.1) is 5.82 Å². The molecule has 26 heavy (non-hydrogen) atoms. The first kappa shape index (κ1) is 18.5. The number of carbonyl (C=O) groups excluding carboxylic acids is 1. The molecule has 2 atom stereocenters. The van der Waals surface area contributed by atoms with E-state index in [0.717, 1.165) is 18.7 Å². The Balaban J connectivity index is 1.61. The van der Waals surface area contributed by atoms with Crippen LogP contribution in [0.1, 0.15) is 31.0 Å². The van der Waals surface area contributed by atoms with Gasteiger partial charge >= 0.3 is 0 Å². The number of nitrogens with one attached hydrogen (secondary N) is 1. The Hall–Kier alpha value is -2.25. The molecule has 1 aliphatic heterocycles. The van der Waals surface area contributed by atoms with Crippen LogP contribution in [0.3, 0.4) is 0 Å². The van der Waals surface area contributed by atoms with Gasteiger partial charge in [0.1, 0.15) is 5.82 Å². The average molecular weight is 360 g/mol. The number of rotatable bonds is 7. The Labute approximate surface area is 153 Å². The number of hydrogen-bond donors (Lipinski definition) is 1. The van der Waals surface area contributed by atoms with Gasteiger partial charge in [-0.15, -0.1) is 0 Å². The summed E-state index contributed by atoms with van der Waals surface area (Å²) in [4.78, 5) is 18.7. The molecule has 1 aromatic carbocycles. The van der Waals surface area contributed by atoms with Crippen molar-refractivity contribution < 1.29 is 13.9 Å². The number of ether oxygens (including phenoxy) is 1. The third-order valence-electron chi connectivity index (χ3n) is 4.75. The van der Waals surface area contributed by atoms with E-state index in [1.807, 2.05) is 17.7 Å². The zero-order valence-electron chi connectivity index (χ0n) is 15.0. The number of hydrogen-bond acceptors (Lipinski definition) is 4. The van der Waals surface area contributed by atoms with E-state index in [4.69, 9.17) is 4.74 Å².